The fraction of sp³-hybridized carbons (Fsp3) is 0.818. The highest BCUT2D eigenvalue weighted by Gasteiger charge is 2.48. The highest BCUT2D eigenvalue weighted by atomic mass is 16.5. The number of nitrogens with two attached hydrogens (primary N) is 1. The first-order valence-electron chi connectivity index (χ1n) is 5.43. The Bertz CT molecular complexity index is 238. The van der Waals surface area contributed by atoms with Crippen molar-refractivity contribution in [2.75, 3.05) is 6.61 Å². The summed E-state index contributed by atoms with van der Waals surface area (Å²) in [6, 6.07) is 0.204. The van der Waals surface area contributed by atoms with Crippen LogP contribution in [0.5, 0.6) is 0 Å². The second-order valence-electron chi connectivity index (χ2n) is 4.76. The lowest BCUT2D eigenvalue weighted by Gasteiger charge is -2.21. The summed E-state index contributed by atoms with van der Waals surface area (Å²) in [5, 5.41) is 0. The maximum Gasteiger partial charge on any atom is 0.109 e. The van der Waals surface area contributed by atoms with Crippen molar-refractivity contribution in [2.24, 2.45) is 23.5 Å². The van der Waals surface area contributed by atoms with Crippen LogP contribution in [-0.2, 0) is 4.74 Å². The normalized spacial score (nSPS) is 43.8. The molecule has 0 aromatic rings. The van der Waals surface area contributed by atoms with Gasteiger partial charge in [-0.15, -0.1) is 0 Å². The van der Waals surface area contributed by atoms with Crippen LogP contribution in [0.15, 0.2) is 11.8 Å². The number of hydrogen-bond acceptors (Lipinski definition) is 2. The Kier molecular flexibility index (Phi) is 1.66. The molecule has 2 nitrogen and oxygen atoms in total. The quantitative estimate of drug-likeness (QED) is 0.699. The van der Waals surface area contributed by atoms with Crippen molar-refractivity contribution < 1.29 is 4.74 Å². The number of ether oxygens (including phenoxy) is 1. The van der Waals surface area contributed by atoms with E-state index < -0.39 is 0 Å². The van der Waals surface area contributed by atoms with Gasteiger partial charge in [-0.1, -0.05) is 0 Å². The van der Waals surface area contributed by atoms with E-state index in [0.29, 0.717) is 5.92 Å². The molecule has 0 aromatic heterocycles. The minimum atomic E-state index is 0.204. The molecule has 2 N–H and O–H groups in total. The zero-order valence-corrected chi connectivity index (χ0v) is 7.91. The highest BCUT2D eigenvalue weighted by Crippen LogP contribution is 2.55. The molecule has 2 fully saturated rings. The fourth-order valence-electron chi connectivity index (χ4n) is 2.96. The first-order valence-corrected chi connectivity index (χ1v) is 5.43. The van der Waals surface area contributed by atoms with E-state index in [9.17, 15) is 0 Å². The second-order valence-corrected chi connectivity index (χ2v) is 4.76. The van der Waals surface area contributed by atoms with Crippen molar-refractivity contribution in [3.8, 4) is 0 Å². The second kappa shape index (κ2) is 2.74. The first-order chi connectivity index (χ1) is 6.34. The molecule has 0 amide bonds. The van der Waals surface area contributed by atoms with E-state index in [1.54, 1.807) is 0 Å². The molecule has 3 rings (SSSR count). The summed E-state index contributed by atoms with van der Waals surface area (Å²) < 4.78 is 5.51. The monoisotopic (exact) mass is 179 g/mol. The van der Waals surface area contributed by atoms with Gasteiger partial charge in [-0.25, -0.2) is 0 Å². The largest absolute Gasteiger partial charge is 0.496 e. The lowest BCUT2D eigenvalue weighted by Crippen LogP contribution is -2.31. The minimum absolute atomic E-state index is 0.204. The van der Waals surface area contributed by atoms with Crippen LogP contribution in [0.2, 0.25) is 0 Å². The SMILES string of the molecule is NC(C1=CCCO1)C1CC2CC2C1. The third kappa shape index (κ3) is 1.28. The predicted molar refractivity (Wildman–Crippen MR) is 50.9 cm³/mol. The van der Waals surface area contributed by atoms with E-state index in [0.717, 1.165) is 30.6 Å². The first kappa shape index (κ1) is 7.86. The molecule has 0 bridgehead atoms. The molecule has 2 saturated carbocycles. The molecule has 2 aliphatic carbocycles. The van der Waals surface area contributed by atoms with Gasteiger partial charge in [0.15, 0.2) is 0 Å². The Balaban J connectivity index is 1.64. The molecule has 0 radical (unpaired) electrons. The molecule has 3 aliphatic rings. The summed E-state index contributed by atoms with van der Waals surface area (Å²) in [6.07, 6.45) is 7.42. The molecular formula is C11H17NO. The number of hydrogen-bond donors (Lipinski definition) is 1. The summed E-state index contributed by atoms with van der Waals surface area (Å²) in [5.41, 5.74) is 6.17. The zero-order chi connectivity index (χ0) is 8.84. The van der Waals surface area contributed by atoms with Gasteiger partial charge in [0.25, 0.3) is 0 Å². The van der Waals surface area contributed by atoms with E-state index in [1.165, 1.54) is 19.3 Å². The molecule has 72 valence electrons. The Hall–Kier alpha value is -0.500. The van der Waals surface area contributed by atoms with Crippen LogP contribution in [0.4, 0.5) is 0 Å². The average molecular weight is 179 g/mol. The van der Waals surface area contributed by atoms with E-state index in [-0.39, 0.29) is 6.04 Å². The lowest BCUT2D eigenvalue weighted by atomic mass is 9.94. The molecular weight excluding hydrogens is 162 g/mol. The van der Waals surface area contributed by atoms with E-state index in [4.69, 9.17) is 10.5 Å². The third-order valence-corrected chi connectivity index (χ3v) is 3.85. The van der Waals surface area contributed by atoms with Gasteiger partial charge < -0.3 is 10.5 Å². The molecule has 3 unspecified atom stereocenters. The van der Waals surface area contributed by atoms with Gasteiger partial charge in [-0.3, -0.25) is 0 Å². The molecule has 0 saturated heterocycles. The van der Waals surface area contributed by atoms with Gasteiger partial charge in [-0.05, 0) is 43.1 Å². The fourth-order valence-corrected chi connectivity index (χ4v) is 2.96. The third-order valence-electron chi connectivity index (χ3n) is 3.85. The van der Waals surface area contributed by atoms with Crippen LogP contribution in [0.3, 0.4) is 0 Å². The van der Waals surface area contributed by atoms with Crippen LogP contribution in [0.1, 0.15) is 25.7 Å². The maximum atomic E-state index is 6.17. The van der Waals surface area contributed by atoms with Gasteiger partial charge in [0.2, 0.25) is 0 Å². The van der Waals surface area contributed by atoms with Crippen molar-refractivity contribution in [3.05, 3.63) is 11.8 Å². The topological polar surface area (TPSA) is 35.2 Å². The van der Waals surface area contributed by atoms with Gasteiger partial charge in [0, 0.05) is 6.42 Å². The Labute approximate surface area is 79.1 Å². The summed E-state index contributed by atoms with van der Waals surface area (Å²) in [5.74, 6) is 3.84. The van der Waals surface area contributed by atoms with Crippen LogP contribution in [0.25, 0.3) is 0 Å². The molecule has 2 heteroatoms. The Morgan fingerprint density at radius 1 is 1.31 bits per heavy atom. The molecule has 1 aliphatic heterocycles. The smallest absolute Gasteiger partial charge is 0.109 e. The Morgan fingerprint density at radius 3 is 2.69 bits per heavy atom. The van der Waals surface area contributed by atoms with Gasteiger partial charge in [0.05, 0.1) is 12.6 Å². The number of rotatable bonds is 2. The van der Waals surface area contributed by atoms with Crippen molar-refractivity contribution in [3.63, 3.8) is 0 Å². The van der Waals surface area contributed by atoms with Crippen LogP contribution < -0.4 is 5.73 Å². The van der Waals surface area contributed by atoms with E-state index in [1.807, 2.05) is 0 Å². The van der Waals surface area contributed by atoms with Crippen LogP contribution in [-0.4, -0.2) is 12.6 Å². The predicted octanol–water partition coefficient (Wildman–Crippen LogP) is 1.66. The minimum Gasteiger partial charge on any atom is -0.496 e. The lowest BCUT2D eigenvalue weighted by molar-refractivity contribution is 0.204. The number of fused-ring (bicyclic) bond motifs is 1. The molecule has 1 heterocycles. The summed E-state index contributed by atoms with van der Waals surface area (Å²) in [7, 11) is 0. The van der Waals surface area contributed by atoms with E-state index in [2.05, 4.69) is 6.08 Å². The van der Waals surface area contributed by atoms with Gasteiger partial charge in [0.1, 0.15) is 5.76 Å². The van der Waals surface area contributed by atoms with Gasteiger partial charge >= 0.3 is 0 Å². The average Bonchev–Trinajstić information content (AvgIpc) is 2.63. The summed E-state index contributed by atoms with van der Waals surface area (Å²) >= 11 is 0. The van der Waals surface area contributed by atoms with Crippen molar-refractivity contribution in [1.82, 2.24) is 0 Å². The molecule has 3 atom stereocenters. The molecule has 0 aromatic carbocycles. The summed E-state index contributed by atoms with van der Waals surface area (Å²) in [6.45, 7) is 0.850. The standard InChI is InChI=1S/C11H17NO/c12-11(10-2-1-3-13-10)9-5-7-4-8(7)6-9/h2,7-9,11H,1,3-6,12H2. The molecule has 0 spiro atoms. The van der Waals surface area contributed by atoms with Crippen LogP contribution >= 0.6 is 0 Å². The molecule has 13 heavy (non-hydrogen) atoms. The van der Waals surface area contributed by atoms with Crippen molar-refractivity contribution >= 4 is 0 Å². The van der Waals surface area contributed by atoms with Gasteiger partial charge in [-0.2, -0.15) is 0 Å². The summed E-state index contributed by atoms with van der Waals surface area (Å²) in [4.78, 5) is 0. The van der Waals surface area contributed by atoms with Crippen molar-refractivity contribution in [1.29, 1.82) is 0 Å². The Morgan fingerprint density at radius 2 is 2.08 bits per heavy atom. The van der Waals surface area contributed by atoms with Crippen molar-refractivity contribution in [2.45, 2.75) is 31.7 Å². The highest BCUT2D eigenvalue weighted by molar-refractivity contribution is 5.11. The maximum absolute atomic E-state index is 6.17. The van der Waals surface area contributed by atoms with Crippen LogP contribution in [0, 0.1) is 17.8 Å². The zero-order valence-electron chi connectivity index (χ0n) is 7.91. The van der Waals surface area contributed by atoms with E-state index >= 15 is 0 Å².